The van der Waals surface area contributed by atoms with Crippen molar-refractivity contribution < 1.29 is 17.3 Å². The molecule has 0 saturated carbocycles. The van der Waals surface area contributed by atoms with Gasteiger partial charge in [0.25, 0.3) is 5.56 Å². The summed E-state index contributed by atoms with van der Waals surface area (Å²) in [7, 11) is -2.66. The molecule has 1 aliphatic carbocycles. The normalized spacial score (nSPS) is 13.6. The van der Waals surface area contributed by atoms with Gasteiger partial charge >= 0.3 is 10.1 Å². The second kappa shape index (κ2) is 8.83. The van der Waals surface area contributed by atoms with Crippen molar-refractivity contribution in [2.75, 3.05) is 7.11 Å². The highest BCUT2D eigenvalue weighted by Gasteiger charge is 2.24. The summed E-state index contributed by atoms with van der Waals surface area (Å²) in [5.41, 5.74) is 2.45. The van der Waals surface area contributed by atoms with Crippen LogP contribution in [0, 0.1) is 6.92 Å². The first-order valence-corrected chi connectivity index (χ1v) is 13.7. The van der Waals surface area contributed by atoms with E-state index in [2.05, 4.69) is 20.9 Å². The molecule has 0 aliphatic heterocycles. The number of halogens is 1. The Morgan fingerprint density at radius 3 is 2.59 bits per heavy atom. The van der Waals surface area contributed by atoms with Crippen LogP contribution in [0.1, 0.15) is 28.8 Å². The minimum Gasteiger partial charge on any atom is -0.493 e. The van der Waals surface area contributed by atoms with Crippen molar-refractivity contribution in [1.82, 2.24) is 9.97 Å². The lowest BCUT2D eigenvalue weighted by molar-refractivity contribution is 0.390. The zero-order chi connectivity index (χ0) is 24.0. The van der Waals surface area contributed by atoms with E-state index in [-0.39, 0.29) is 22.0 Å². The number of aromatic nitrogens is 2. The fourth-order valence-corrected chi connectivity index (χ4v) is 6.95. The molecule has 1 N–H and O–H groups in total. The minimum atomic E-state index is -4.08. The Morgan fingerprint density at radius 2 is 1.85 bits per heavy atom. The van der Waals surface area contributed by atoms with Gasteiger partial charge in [0.15, 0.2) is 11.5 Å². The highest BCUT2D eigenvalue weighted by molar-refractivity contribution is 9.10. The molecule has 34 heavy (non-hydrogen) atoms. The van der Waals surface area contributed by atoms with Crippen molar-refractivity contribution in [3.05, 3.63) is 67.2 Å². The van der Waals surface area contributed by atoms with Crippen molar-refractivity contribution in [1.29, 1.82) is 0 Å². The highest BCUT2D eigenvalue weighted by atomic mass is 79.9. The third-order valence-electron chi connectivity index (χ3n) is 5.83. The van der Waals surface area contributed by atoms with Crippen LogP contribution in [0.5, 0.6) is 11.5 Å². The molecule has 1 aliphatic rings. The predicted molar refractivity (Wildman–Crippen MR) is 136 cm³/mol. The lowest BCUT2D eigenvalue weighted by Gasteiger charge is -2.14. The van der Waals surface area contributed by atoms with Crippen LogP contribution in [0.3, 0.4) is 0 Å². The molecule has 0 saturated heterocycles. The monoisotopic (exact) mass is 560 g/mol. The van der Waals surface area contributed by atoms with Gasteiger partial charge in [0.2, 0.25) is 0 Å². The summed E-state index contributed by atoms with van der Waals surface area (Å²) < 4.78 is 36.9. The summed E-state index contributed by atoms with van der Waals surface area (Å²) in [4.78, 5) is 22.5. The fourth-order valence-electron chi connectivity index (χ4n) is 4.10. The summed E-state index contributed by atoms with van der Waals surface area (Å²) in [6.45, 7) is 1.87. The van der Waals surface area contributed by atoms with Gasteiger partial charge in [0.1, 0.15) is 15.6 Å². The van der Waals surface area contributed by atoms with Crippen LogP contribution in [-0.2, 0) is 23.0 Å². The van der Waals surface area contributed by atoms with Crippen LogP contribution in [0.4, 0.5) is 0 Å². The lowest BCUT2D eigenvalue weighted by Crippen LogP contribution is -2.12. The Bertz CT molecular complexity index is 1570. The number of hydrogen-bond donors (Lipinski definition) is 1. The molecule has 0 bridgehead atoms. The topological polar surface area (TPSA) is 98.3 Å². The van der Waals surface area contributed by atoms with Gasteiger partial charge in [-0.05, 0) is 78.4 Å². The number of H-pyrrole nitrogens is 1. The Labute approximate surface area is 209 Å². The number of methoxy groups -OCH3 is 1. The third-order valence-corrected chi connectivity index (χ3v) is 8.84. The number of rotatable bonds is 5. The molecular weight excluding hydrogens is 540 g/mol. The van der Waals surface area contributed by atoms with E-state index in [4.69, 9.17) is 13.9 Å². The molecule has 0 radical (unpaired) electrons. The third kappa shape index (κ3) is 4.14. The zero-order valence-corrected chi connectivity index (χ0v) is 21.7. The second-order valence-electron chi connectivity index (χ2n) is 8.15. The van der Waals surface area contributed by atoms with Gasteiger partial charge in [-0.2, -0.15) is 8.42 Å². The molecule has 176 valence electrons. The van der Waals surface area contributed by atoms with Gasteiger partial charge in [-0.25, -0.2) is 4.98 Å². The van der Waals surface area contributed by atoms with Gasteiger partial charge in [0.05, 0.1) is 17.0 Å². The Hall–Kier alpha value is -2.69. The molecule has 10 heteroatoms. The number of fused-ring (bicyclic) bond motifs is 3. The Balaban J connectivity index is 1.56. The molecule has 5 rings (SSSR count). The summed E-state index contributed by atoms with van der Waals surface area (Å²) in [5, 5.41) is 0.679. The van der Waals surface area contributed by atoms with E-state index in [0.29, 0.717) is 26.1 Å². The quantitative estimate of drug-likeness (QED) is 0.329. The van der Waals surface area contributed by atoms with E-state index in [0.717, 1.165) is 36.8 Å². The molecule has 2 aromatic heterocycles. The van der Waals surface area contributed by atoms with Crippen molar-refractivity contribution >= 4 is 47.6 Å². The average molecular weight is 561 g/mol. The first-order chi connectivity index (χ1) is 16.3. The van der Waals surface area contributed by atoms with Crippen molar-refractivity contribution in [2.24, 2.45) is 0 Å². The summed E-state index contributed by atoms with van der Waals surface area (Å²) >= 11 is 4.97. The van der Waals surface area contributed by atoms with Crippen LogP contribution in [0.2, 0.25) is 0 Å². The van der Waals surface area contributed by atoms with Gasteiger partial charge in [-0.15, -0.1) is 11.3 Å². The van der Waals surface area contributed by atoms with Crippen molar-refractivity contribution in [3.8, 4) is 22.9 Å². The maximum absolute atomic E-state index is 12.9. The predicted octanol–water partition coefficient (Wildman–Crippen LogP) is 5.38. The lowest BCUT2D eigenvalue weighted by atomic mass is 9.97. The molecule has 4 aromatic rings. The van der Waals surface area contributed by atoms with Crippen LogP contribution < -0.4 is 14.5 Å². The zero-order valence-electron chi connectivity index (χ0n) is 18.5. The maximum Gasteiger partial charge on any atom is 0.339 e. The van der Waals surface area contributed by atoms with Crippen LogP contribution in [0.15, 0.2) is 50.6 Å². The van der Waals surface area contributed by atoms with Gasteiger partial charge < -0.3 is 13.9 Å². The maximum atomic E-state index is 12.9. The number of nitrogens with one attached hydrogen (secondary N) is 1. The molecule has 7 nitrogen and oxygen atoms in total. The van der Waals surface area contributed by atoms with E-state index < -0.39 is 10.1 Å². The average Bonchev–Trinajstić information content (AvgIpc) is 3.19. The molecule has 0 amide bonds. The van der Waals surface area contributed by atoms with E-state index in [1.807, 2.05) is 6.92 Å². The molecule has 0 spiro atoms. The molecule has 0 atom stereocenters. The van der Waals surface area contributed by atoms with Crippen LogP contribution in [-0.4, -0.2) is 25.5 Å². The van der Waals surface area contributed by atoms with Crippen molar-refractivity contribution in [2.45, 2.75) is 37.5 Å². The largest absolute Gasteiger partial charge is 0.493 e. The number of benzene rings is 2. The molecule has 0 fully saturated rings. The first kappa shape index (κ1) is 23.1. The minimum absolute atomic E-state index is 0.0156. The molecule has 2 heterocycles. The SMILES string of the molecule is COc1cc(-c2nc3sc4c(c3c(=O)[nH]2)CCCC4)cc(Br)c1OS(=O)(=O)c1ccc(C)cc1. The number of nitrogens with zero attached hydrogens (tertiary/aromatic N) is 1. The van der Waals surface area contributed by atoms with E-state index in [1.54, 1.807) is 35.6 Å². The summed E-state index contributed by atoms with van der Waals surface area (Å²) in [5.74, 6) is 0.582. The Morgan fingerprint density at radius 1 is 1.12 bits per heavy atom. The van der Waals surface area contributed by atoms with Gasteiger partial charge in [-0.1, -0.05) is 17.7 Å². The van der Waals surface area contributed by atoms with Crippen LogP contribution >= 0.6 is 27.3 Å². The van der Waals surface area contributed by atoms with Gasteiger partial charge in [-0.3, -0.25) is 4.79 Å². The van der Waals surface area contributed by atoms with Crippen molar-refractivity contribution in [3.63, 3.8) is 0 Å². The molecular formula is C24H21BrN2O5S2. The standard InChI is InChI=1S/C24H21BrN2O5S2/c1-13-7-9-15(10-8-13)34(29,30)32-21-17(25)11-14(12-18(21)31-2)22-26-23(28)20-16-5-3-4-6-19(16)33-24(20)27-22/h7-12H,3-6H2,1-2H3,(H,26,27,28). The number of aryl methyl sites for hydroxylation is 3. The second-order valence-corrected chi connectivity index (χ2v) is 11.6. The fraction of sp³-hybridized carbons (Fsp3) is 0.250. The molecule has 0 unspecified atom stereocenters. The molecule has 2 aromatic carbocycles. The number of ether oxygens (including phenoxy) is 1. The number of thiophene rings is 1. The van der Waals surface area contributed by atoms with Gasteiger partial charge in [0, 0.05) is 10.4 Å². The van der Waals surface area contributed by atoms with Crippen LogP contribution in [0.25, 0.3) is 21.6 Å². The number of aromatic amines is 1. The summed E-state index contributed by atoms with van der Waals surface area (Å²) in [6.07, 6.45) is 4.09. The van der Waals surface area contributed by atoms with E-state index >= 15 is 0 Å². The number of hydrogen-bond acceptors (Lipinski definition) is 7. The first-order valence-electron chi connectivity index (χ1n) is 10.7. The summed E-state index contributed by atoms with van der Waals surface area (Å²) in [6, 6.07) is 9.63. The van der Waals surface area contributed by atoms with E-state index in [9.17, 15) is 13.2 Å². The Kier molecular flexibility index (Phi) is 5.99. The smallest absolute Gasteiger partial charge is 0.339 e. The highest BCUT2D eigenvalue weighted by Crippen LogP contribution is 2.41. The van der Waals surface area contributed by atoms with E-state index in [1.165, 1.54) is 24.1 Å².